The quantitative estimate of drug-likeness (QED) is 0.889. The Kier molecular flexibility index (Phi) is 5.44. The van der Waals surface area contributed by atoms with Crippen molar-refractivity contribution in [3.05, 3.63) is 63.6 Å². The number of para-hydroxylation sites is 1. The summed E-state index contributed by atoms with van der Waals surface area (Å²) in [5.74, 6) is 0.430. The van der Waals surface area contributed by atoms with Gasteiger partial charge in [0.2, 0.25) is 0 Å². The van der Waals surface area contributed by atoms with Gasteiger partial charge >= 0.3 is 0 Å². The summed E-state index contributed by atoms with van der Waals surface area (Å²) in [6, 6.07) is 13.7. The third-order valence-electron chi connectivity index (χ3n) is 4.02. The van der Waals surface area contributed by atoms with Gasteiger partial charge in [0.05, 0.1) is 10.0 Å². The van der Waals surface area contributed by atoms with E-state index in [1.54, 1.807) is 18.2 Å². The first-order valence-corrected chi connectivity index (χ1v) is 8.43. The second-order valence-electron chi connectivity index (χ2n) is 5.77. The fraction of sp³-hybridized carbons (Fsp3) is 0.333. The van der Waals surface area contributed by atoms with E-state index in [-0.39, 0.29) is 6.61 Å². The Labute approximate surface area is 146 Å². The number of rotatable bonds is 5. The van der Waals surface area contributed by atoms with Crippen LogP contribution in [0.3, 0.4) is 0 Å². The van der Waals surface area contributed by atoms with Gasteiger partial charge in [-0.25, -0.2) is 0 Å². The van der Waals surface area contributed by atoms with Gasteiger partial charge in [-0.05, 0) is 29.7 Å². The lowest BCUT2D eigenvalue weighted by Crippen LogP contribution is -2.38. The minimum absolute atomic E-state index is 0.168. The number of hydrogen-bond donors (Lipinski definition) is 1. The molecule has 0 fully saturated rings. The molecule has 1 aliphatic rings. The van der Waals surface area contributed by atoms with Gasteiger partial charge in [0.15, 0.2) is 5.75 Å². The largest absolute Gasteiger partial charge is 0.488 e. The summed E-state index contributed by atoms with van der Waals surface area (Å²) in [5, 5.41) is 11.2. The molecule has 1 heterocycles. The smallest absolute Gasteiger partial charge is 0.156 e. The van der Waals surface area contributed by atoms with E-state index >= 15 is 0 Å². The van der Waals surface area contributed by atoms with Gasteiger partial charge < -0.3 is 9.84 Å². The van der Waals surface area contributed by atoms with Crippen molar-refractivity contribution in [2.45, 2.75) is 19.1 Å². The maximum atomic E-state index is 10.2. The average molecular weight is 352 g/mol. The van der Waals surface area contributed by atoms with Crippen molar-refractivity contribution in [2.24, 2.45) is 0 Å². The van der Waals surface area contributed by atoms with Crippen LogP contribution in [0, 0.1) is 0 Å². The Morgan fingerprint density at radius 3 is 2.48 bits per heavy atom. The minimum atomic E-state index is -0.590. The maximum Gasteiger partial charge on any atom is 0.156 e. The van der Waals surface area contributed by atoms with Crippen molar-refractivity contribution in [3.63, 3.8) is 0 Å². The zero-order valence-corrected chi connectivity index (χ0v) is 14.2. The van der Waals surface area contributed by atoms with E-state index in [2.05, 4.69) is 29.2 Å². The number of ether oxygens (including phenoxy) is 1. The second-order valence-corrected chi connectivity index (χ2v) is 6.58. The van der Waals surface area contributed by atoms with Crippen LogP contribution < -0.4 is 4.74 Å². The molecule has 1 aliphatic heterocycles. The molecule has 0 radical (unpaired) electrons. The molecule has 0 saturated carbocycles. The maximum absolute atomic E-state index is 10.2. The number of hydrogen-bond acceptors (Lipinski definition) is 3. The minimum Gasteiger partial charge on any atom is -0.488 e. The second kappa shape index (κ2) is 7.54. The molecule has 0 spiro atoms. The Bertz CT molecular complexity index is 658. The highest BCUT2D eigenvalue weighted by molar-refractivity contribution is 6.37. The number of halogens is 2. The molecule has 3 nitrogen and oxygen atoms in total. The molecule has 0 unspecified atom stereocenters. The summed E-state index contributed by atoms with van der Waals surface area (Å²) in [4.78, 5) is 2.24. The summed E-state index contributed by atoms with van der Waals surface area (Å²) < 4.78 is 5.60. The molecule has 23 heavy (non-hydrogen) atoms. The zero-order valence-electron chi connectivity index (χ0n) is 12.7. The number of aliphatic hydroxyl groups is 1. The first-order chi connectivity index (χ1) is 11.1. The summed E-state index contributed by atoms with van der Waals surface area (Å²) in [7, 11) is 0. The third kappa shape index (κ3) is 4.18. The lowest BCUT2D eigenvalue weighted by atomic mass is 10.00. The van der Waals surface area contributed by atoms with Crippen LogP contribution in [0.1, 0.15) is 11.1 Å². The van der Waals surface area contributed by atoms with Crippen molar-refractivity contribution in [2.75, 3.05) is 19.7 Å². The molecule has 0 aliphatic carbocycles. The molecular weight excluding hydrogens is 333 g/mol. The van der Waals surface area contributed by atoms with E-state index < -0.39 is 6.10 Å². The number of nitrogens with zero attached hydrogens (tertiary/aromatic N) is 1. The molecule has 2 aromatic rings. The van der Waals surface area contributed by atoms with Crippen LogP contribution in [0.4, 0.5) is 0 Å². The van der Waals surface area contributed by atoms with Crippen LogP contribution in [-0.4, -0.2) is 35.8 Å². The molecule has 0 aromatic heterocycles. The number of benzene rings is 2. The van der Waals surface area contributed by atoms with Gasteiger partial charge in [0.25, 0.3) is 0 Å². The van der Waals surface area contributed by atoms with Crippen LogP contribution in [0.25, 0.3) is 0 Å². The van der Waals surface area contributed by atoms with Crippen molar-refractivity contribution >= 4 is 23.2 Å². The van der Waals surface area contributed by atoms with Crippen molar-refractivity contribution in [1.29, 1.82) is 0 Å². The molecule has 0 saturated heterocycles. The lowest BCUT2D eigenvalue weighted by molar-refractivity contribution is 0.0638. The molecule has 5 heteroatoms. The van der Waals surface area contributed by atoms with Gasteiger partial charge in [-0.2, -0.15) is 0 Å². The molecule has 1 N–H and O–H groups in total. The van der Waals surface area contributed by atoms with E-state index in [0.717, 1.165) is 19.5 Å². The predicted molar refractivity (Wildman–Crippen MR) is 93.4 cm³/mol. The molecular formula is C18H19Cl2NO2. The van der Waals surface area contributed by atoms with E-state index in [1.807, 2.05) is 0 Å². The topological polar surface area (TPSA) is 32.7 Å². The van der Waals surface area contributed by atoms with E-state index in [0.29, 0.717) is 22.3 Å². The highest BCUT2D eigenvalue weighted by Gasteiger charge is 2.19. The van der Waals surface area contributed by atoms with Gasteiger partial charge in [0, 0.05) is 19.6 Å². The average Bonchev–Trinajstić information content (AvgIpc) is 2.54. The van der Waals surface area contributed by atoms with Crippen molar-refractivity contribution < 1.29 is 9.84 Å². The van der Waals surface area contributed by atoms with E-state index in [1.165, 1.54) is 11.1 Å². The van der Waals surface area contributed by atoms with Crippen molar-refractivity contribution in [3.8, 4) is 5.75 Å². The summed E-state index contributed by atoms with van der Waals surface area (Å²) in [6.07, 6.45) is 0.424. The Morgan fingerprint density at radius 1 is 1.04 bits per heavy atom. The van der Waals surface area contributed by atoms with Gasteiger partial charge in [-0.15, -0.1) is 0 Å². The van der Waals surface area contributed by atoms with E-state index in [9.17, 15) is 5.11 Å². The van der Waals surface area contributed by atoms with Crippen LogP contribution in [0.5, 0.6) is 5.75 Å². The number of fused-ring (bicyclic) bond motifs is 1. The predicted octanol–water partition coefficient (Wildman–Crippen LogP) is 3.79. The summed E-state index contributed by atoms with van der Waals surface area (Å²) in [5.41, 5.74) is 2.73. The Hall–Kier alpha value is -1.26. The molecule has 0 amide bonds. The van der Waals surface area contributed by atoms with Gasteiger partial charge in [-0.3, -0.25) is 4.90 Å². The van der Waals surface area contributed by atoms with Gasteiger partial charge in [0.1, 0.15) is 12.7 Å². The SMILES string of the molecule is O[C@@H](COc1c(Cl)cccc1Cl)CN1CCc2ccccc2C1. The summed E-state index contributed by atoms with van der Waals surface area (Å²) in [6.45, 7) is 2.54. The van der Waals surface area contributed by atoms with Crippen LogP contribution >= 0.6 is 23.2 Å². The molecule has 1 atom stereocenters. The highest BCUT2D eigenvalue weighted by atomic mass is 35.5. The first kappa shape index (κ1) is 16.6. The highest BCUT2D eigenvalue weighted by Crippen LogP contribution is 2.32. The number of β-amino-alcohol motifs (C(OH)–C–C–N with tert-alkyl or cyclic N) is 1. The van der Waals surface area contributed by atoms with Crippen LogP contribution in [0.2, 0.25) is 10.0 Å². The van der Waals surface area contributed by atoms with Crippen LogP contribution in [-0.2, 0) is 13.0 Å². The molecule has 2 aromatic carbocycles. The van der Waals surface area contributed by atoms with Gasteiger partial charge in [-0.1, -0.05) is 53.5 Å². The van der Waals surface area contributed by atoms with E-state index in [4.69, 9.17) is 27.9 Å². The summed E-state index contributed by atoms with van der Waals surface area (Å²) >= 11 is 12.1. The third-order valence-corrected chi connectivity index (χ3v) is 4.61. The zero-order chi connectivity index (χ0) is 16.2. The normalized spacial score (nSPS) is 16.0. The first-order valence-electron chi connectivity index (χ1n) is 7.67. The lowest BCUT2D eigenvalue weighted by Gasteiger charge is -2.30. The standard InChI is InChI=1S/C18H19Cl2NO2/c19-16-6-3-7-17(20)18(16)23-12-15(22)11-21-9-8-13-4-1-2-5-14(13)10-21/h1-7,15,22H,8-12H2/t15-/m1/s1. The monoisotopic (exact) mass is 351 g/mol. The molecule has 3 rings (SSSR count). The fourth-order valence-corrected chi connectivity index (χ4v) is 3.37. The Balaban J connectivity index is 1.53. The Morgan fingerprint density at radius 2 is 1.74 bits per heavy atom. The van der Waals surface area contributed by atoms with Crippen molar-refractivity contribution in [1.82, 2.24) is 4.90 Å². The molecule has 122 valence electrons. The number of aliphatic hydroxyl groups excluding tert-OH is 1. The molecule has 0 bridgehead atoms. The fourth-order valence-electron chi connectivity index (χ4n) is 2.86. The van der Waals surface area contributed by atoms with Crippen LogP contribution in [0.15, 0.2) is 42.5 Å².